The van der Waals surface area contributed by atoms with E-state index in [0.29, 0.717) is 19.3 Å². The summed E-state index contributed by atoms with van der Waals surface area (Å²) in [5.41, 5.74) is 2.67. The van der Waals surface area contributed by atoms with Crippen molar-refractivity contribution in [2.75, 3.05) is 6.61 Å². The first-order valence-corrected chi connectivity index (χ1v) is 24.9. The third-order valence-electron chi connectivity index (χ3n) is 8.03. The van der Waals surface area contributed by atoms with Gasteiger partial charge in [-0.2, -0.15) is 0 Å². The number of aryl methyl sites for hydroxylation is 4. The summed E-state index contributed by atoms with van der Waals surface area (Å²) in [4.78, 5) is 16.0. The fourth-order valence-corrected chi connectivity index (χ4v) is 10.6. The van der Waals surface area contributed by atoms with Gasteiger partial charge in [0.1, 0.15) is 0 Å². The van der Waals surface area contributed by atoms with Gasteiger partial charge in [-0.1, -0.05) is 73.1 Å². The molecule has 0 aliphatic carbocycles. The molecular weight excluding hydrogens is 954 g/mol. The van der Waals surface area contributed by atoms with Crippen molar-refractivity contribution in [1.82, 2.24) is 0 Å². The van der Waals surface area contributed by atoms with Crippen molar-refractivity contribution in [1.29, 1.82) is 0 Å². The molecule has 308 valence electrons. The minimum Gasteiger partial charge on any atom is -0.478 e. The summed E-state index contributed by atoms with van der Waals surface area (Å²) in [6, 6.07) is 33.3. The van der Waals surface area contributed by atoms with E-state index in [1.807, 2.05) is 53.9 Å². The number of aromatic carboxylic acids is 1. The van der Waals surface area contributed by atoms with Crippen molar-refractivity contribution in [2.45, 2.75) is 59.0 Å². The van der Waals surface area contributed by atoms with E-state index in [2.05, 4.69) is 119 Å². The van der Waals surface area contributed by atoms with Gasteiger partial charge >= 0.3 is 5.97 Å². The Morgan fingerprint density at radius 2 is 1.16 bits per heavy atom. The first kappa shape index (κ1) is 48.3. The maximum Gasteiger partial charge on any atom is 0.337 e. The number of ether oxygens (including phenoxy) is 1. The third kappa shape index (κ3) is 14.7. The van der Waals surface area contributed by atoms with Crippen LogP contribution in [0.2, 0.25) is 0 Å². The molecule has 2 N–H and O–H groups in total. The van der Waals surface area contributed by atoms with Gasteiger partial charge in [-0.3, -0.25) is 0 Å². The highest BCUT2D eigenvalue weighted by atomic mass is 79.9. The molecular formula is C43H44BBrCl3O5S5-. The Hall–Kier alpha value is -2.33. The number of hydrogen-bond donors (Lipinski definition) is 2. The zero-order valence-electron chi connectivity index (χ0n) is 31.5. The van der Waals surface area contributed by atoms with Gasteiger partial charge < -0.3 is 14.9 Å². The average Bonchev–Trinajstić information content (AvgIpc) is 4.02. The van der Waals surface area contributed by atoms with E-state index in [1.54, 1.807) is 23.5 Å². The van der Waals surface area contributed by atoms with Crippen LogP contribution in [0.15, 0.2) is 102 Å². The lowest BCUT2D eigenvalue weighted by Gasteiger charge is -2.01. The molecule has 1 aliphatic rings. The zero-order chi connectivity index (χ0) is 42.4. The standard InChI is InChI=1S/C10H9ClS.C10H8O2S.C10H10OS.C9H7BrS.C4H10BO.Cl2OS/c1-7-5-8-3-2-4-9(6-11)10(8)12-7;1-6-5-7-3-2-4-8(10(11)12)9(7)13-6;1-7-5-8-3-2-4-9(6-11)10(8)12-7;1-6-5-7-3-2-4-8(10)9(7)11-6;5-4-2-1-3-6-4;1-4(2)3/h2-5H,6H2,1H3;2-5H,1H3,(H,11,12);2-5,11H,6H2,1H3;2-5H,1H3;4H,1-3H2,5H3;/q;;;;-1;. The number of carbonyl (C=O) groups is 1. The Morgan fingerprint density at radius 3 is 1.57 bits per heavy atom. The lowest BCUT2D eigenvalue weighted by atomic mass is 9.98. The summed E-state index contributed by atoms with van der Waals surface area (Å²) < 4.78 is 20.3. The summed E-state index contributed by atoms with van der Waals surface area (Å²) in [5.74, 6) is -0.246. The number of carboxylic acids is 1. The molecule has 4 aromatic carbocycles. The highest BCUT2D eigenvalue weighted by molar-refractivity contribution is 9.10. The maximum atomic E-state index is 10.8. The molecule has 0 spiro atoms. The number of thiophene rings is 4. The fraction of sp³-hybridized carbons (Fsp3) is 0.233. The highest BCUT2D eigenvalue weighted by Crippen LogP contribution is 2.32. The molecule has 0 radical (unpaired) electrons. The molecule has 1 atom stereocenters. The Morgan fingerprint density at radius 1 is 0.741 bits per heavy atom. The van der Waals surface area contributed by atoms with Crippen molar-refractivity contribution >= 4 is 158 Å². The summed E-state index contributed by atoms with van der Waals surface area (Å²) in [6.45, 7) is 9.52. The molecule has 9 rings (SSSR count). The molecule has 1 aliphatic heterocycles. The molecule has 0 amide bonds. The van der Waals surface area contributed by atoms with E-state index in [9.17, 15) is 4.79 Å². The van der Waals surface area contributed by atoms with Crippen LogP contribution < -0.4 is 0 Å². The van der Waals surface area contributed by atoms with Crippen LogP contribution in [0.1, 0.15) is 53.8 Å². The molecule has 5 nitrogen and oxygen atoms in total. The molecule has 0 bridgehead atoms. The van der Waals surface area contributed by atoms with Crippen LogP contribution in [0.25, 0.3) is 40.3 Å². The zero-order valence-corrected chi connectivity index (χ0v) is 39.5. The number of rotatable bonds is 3. The van der Waals surface area contributed by atoms with Gasteiger partial charge in [0.2, 0.25) is 9.23 Å². The predicted molar refractivity (Wildman–Crippen MR) is 265 cm³/mol. The second kappa shape index (κ2) is 24.2. The summed E-state index contributed by atoms with van der Waals surface area (Å²) in [5, 5.41) is 22.9. The predicted octanol–water partition coefficient (Wildman–Crippen LogP) is 14.1. The smallest absolute Gasteiger partial charge is 0.337 e. The van der Waals surface area contributed by atoms with E-state index in [0.717, 1.165) is 33.1 Å². The Labute approximate surface area is 381 Å². The van der Waals surface area contributed by atoms with Crippen LogP contribution in [0, 0.1) is 27.7 Å². The van der Waals surface area contributed by atoms with Crippen molar-refractivity contribution < 1.29 is 24.0 Å². The number of hydrogen-bond acceptors (Lipinski definition) is 8. The number of halogens is 4. The third-order valence-corrected chi connectivity index (χ3v) is 13.7. The second-order valence-electron chi connectivity index (χ2n) is 12.4. The minimum atomic E-state index is -1.67. The monoisotopic (exact) mass is 995 g/mol. The van der Waals surface area contributed by atoms with Crippen molar-refractivity contribution in [3.63, 3.8) is 0 Å². The largest absolute Gasteiger partial charge is 0.478 e. The Kier molecular flexibility index (Phi) is 20.2. The van der Waals surface area contributed by atoms with E-state index < -0.39 is 15.2 Å². The first-order valence-electron chi connectivity index (χ1n) is 17.5. The minimum absolute atomic E-state index is 0.136. The van der Waals surface area contributed by atoms with E-state index in [4.69, 9.17) is 30.8 Å². The number of alkyl halides is 1. The lowest BCUT2D eigenvalue weighted by molar-refractivity contribution is 0.0699. The summed E-state index contributed by atoms with van der Waals surface area (Å²) in [7, 11) is 7.88. The van der Waals surface area contributed by atoms with Crippen molar-refractivity contribution in [3.8, 4) is 0 Å². The van der Waals surface area contributed by atoms with Crippen LogP contribution in [-0.4, -0.2) is 40.8 Å². The van der Waals surface area contributed by atoms with Crippen LogP contribution in [-0.2, 0) is 26.5 Å². The highest BCUT2D eigenvalue weighted by Gasteiger charge is 2.10. The molecule has 15 heteroatoms. The maximum absolute atomic E-state index is 10.8. The molecule has 8 aromatic rings. The molecule has 1 unspecified atom stereocenters. The van der Waals surface area contributed by atoms with Crippen LogP contribution in [0.4, 0.5) is 0 Å². The Balaban J connectivity index is 0.000000159. The molecule has 5 heterocycles. The lowest BCUT2D eigenvalue weighted by Crippen LogP contribution is -2.01. The number of fused-ring (bicyclic) bond motifs is 4. The van der Waals surface area contributed by atoms with Gasteiger partial charge in [-0.05, 0) is 127 Å². The number of carboxylic acid groups (broad SMARTS) is 1. The van der Waals surface area contributed by atoms with Gasteiger partial charge in [0.25, 0.3) is 0 Å². The van der Waals surface area contributed by atoms with Gasteiger partial charge in [-0.25, -0.2) is 9.00 Å². The molecule has 4 aromatic heterocycles. The van der Waals surface area contributed by atoms with Gasteiger partial charge in [-0.15, -0.1) is 56.9 Å². The average molecular weight is 998 g/mol. The number of benzene rings is 4. The fourth-order valence-electron chi connectivity index (χ4n) is 5.67. The van der Waals surface area contributed by atoms with E-state index in [1.165, 1.54) is 79.1 Å². The van der Waals surface area contributed by atoms with E-state index >= 15 is 0 Å². The molecule has 1 saturated heterocycles. The molecule has 58 heavy (non-hydrogen) atoms. The van der Waals surface area contributed by atoms with Gasteiger partial charge in [0.05, 0.1) is 12.2 Å². The topological polar surface area (TPSA) is 83.8 Å². The van der Waals surface area contributed by atoms with Crippen molar-refractivity contribution in [2.24, 2.45) is 0 Å². The number of aliphatic hydroxyl groups excluding tert-OH is 1. The Bertz CT molecular complexity index is 2490. The van der Waals surface area contributed by atoms with Crippen LogP contribution in [0.3, 0.4) is 0 Å². The van der Waals surface area contributed by atoms with Crippen LogP contribution in [0.5, 0.6) is 0 Å². The van der Waals surface area contributed by atoms with Crippen LogP contribution >= 0.6 is 94.2 Å². The summed E-state index contributed by atoms with van der Waals surface area (Å²) >= 11 is 16.3. The van der Waals surface area contributed by atoms with Gasteiger partial charge in [0.15, 0.2) is 0 Å². The van der Waals surface area contributed by atoms with Gasteiger partial charge in [0, 0.05) is 76.6 Å². The normalized spacial score (nSPS) is 13.1. The van der Waals surface area contributed by atoms with Crippen molar-refractivity contribution in [3.05, 3.63) is 138 Å². The number of aliphatic hydroxyl groups is 1. The summed E-state index contributed by atoms with van der Waals surface area (Å²) in [6.07, 6.45) is 2.70. The first-order chi connectivity index (χ1) is 27.7. The van der Waals surface area contributed by atoms with E-state index in [-0.39, 0.29) is 6.61 Å². The molecule has 0 saturated carbocycles. The molecule has 1 fully saturated rings. The quantitative estimate of drug-likeness (QED) is 0.105. The SMILES string of the molecule is Cc1cc2cccc(Br)c2s1.Cc1cc2cccc(C(=O)O)c2s1.Cc1cc2cccc(CCl)c2s1.Cc1cc2cccc(CO)c2s1.O=S(Cl)Cl.[BH3-]C1CCCO1. The second-order valence-corrected chi connectivity index (χ2v) is 21.1.